The molecule has 2 atom stereocenters. The topological polar surface area (TPSA) is 88.0 Å². The van der Waals surface area contributed by atoms with E-state index >= 15 is 0 Å². The smallest absolute Gasteiger partial charge is 0.260 e. The fraction of sp³-hybridized carbons (Fsp3) is 0.450. The summed E-state index contributed by atoms with van der Waals surface area (Å²) in [4.78, 5) is 34.2. The molecule has 8 heteroatoms. The summed E-state index contributed by atoms with van der Waals surface area (Å²) in [7, 11) is 0. The number of carbonyl (C=O) groups excluding carboxylic acids is 1. The number of carbonyl (C=O) groups is 1. The van der Waals surface area contributed by atoms with Gasteiger partial charge in [-0.25, -0.2) is 4.98 Å². The van der Waals surface area contributed by atoms with E-state index in [2.05, 4.69) is 29.1 Å². The molecule has 0 fully saturated rings. The molecule has 150 valence electrons. The quantitative estimate of drug-likeness (QED) is 0.416. The molecular weight excluding hydrogens is 394 g/mol. The zero-order valence-corrected chi connectivity index (χ0v) is 18.1. The third kappa shape index (κ3) is 4.67. The van der Waals surface area contributed by atoms with E-state index in [1.165, 1.54) is 11.8 Å². The van der Waals surface area contributed by atoms with Gasteiger partial charge in [-0.15, -0.1) is 11.3 Å². The number of H-pyrrole nitrogens is 1. The van der Waals surface area contributed by atoms with Gasteiger partial charge in [0.05, 0.1) is 23.4 Å². The lowest BCUT2D eigenvalue weighted by Crippen LogP contribution is -2.28. The second-order valence-electron chi connectivity index (χ2n) is 7.00. The molecule has 6 nitrogen and oxygen atoms in total. The normalized spacial score (nSPS) is 13.6. The Balaban J connectivity index is 1.70. The summed E-state index contributed by atoms with van der Waals surface area (Å²) >= 11 is 2.77. The zero-order valence-electron chi connectivity index (χ0n) is 16.5. The minimum Gasteiger partial charge on any atom is -0.467 e. The average Bonchev–Trinajstić information content (AvgIpc) is 3.29. The highest BCUT2D eigenvalue weighted by atomic mass is 32.2. The molecule has 0 aliphatic rings. The molecule has 0 spiro atoms. The maximum absolute atomic E-state index is 12.7. The highest BCUT2D eigenvalue weighted by Gasteiger charge is 2.18. The molecule has 3 rings (SSSR count). The summed E-state index contributed by atoms with van der Waals surface area (Å²) in [5, 5.41) is 4.04. The van der Waals surface area contributed by atoms with Crippen molar-refractivity contribution < 1.29 is 9.21 Å². The van der Waals surface area contributed by atoms with Gasteiger partial charge in [-0.3, -0.25) is 9.59 Å². The van der Waals surface area contributed by atoms with Gasteiger partial charge in [-0.2, -0.15) is 0 Å². The number of amides is 1. The summed E-state index contributed by atoms with van der Waals surface area (Å²) in [6, 6.07) is 3.40. The monoisotopic (exact) mass is 419 g/mol. The first-order valence-electron chi connectivity index (χ1n) is 9.36. The van der Waals surface area contributed by atoms with Crippen LogP contribution in [0.4, 0.5) is 0 Å². The predicted molar refractivity (Wildman–Crippen MR) is 114 cm³/mol. The van der Waals surface area contributed by atoms with Crippen LogP contribution in [-0.4, -0.2) is 21.6 Å². The van der Waals surface area contributed by atoms with E-state index in [1.807, 2.05) is 19.9 Å². The van der Waals surface area contributed by atoms with E-state index in [0.29, 0.717) is 22.2 Å². The number of aryl methyl sites for hydroxylation is 1. The molecular formula is C20H25N3O3S2. The first-order chi connectivity index (χ1) is 13.4. The maximum atomic E-state index is 12.7. The number of aromatic nitrogens is 2. The SMILES string of the molecule is CCC(C)Cc1c(C)sc2nc(SCC(=O)NC(C)c3ccco3)[nH]c(=O)c12. The van der Waals surface area contributed by atoms with Gasteiger partial charge in [0.25, 0.3) is 5.56 Å². The van der Waals surface area contributed by atoms with E-state index in [9.17, 15) is 9.59 Å². The molecule has 0 saturated heterocycles. The van der Waals surface area contributed by atoms with E-state index in [0.717, 1.165) is 28.1 Å². The molecule has 28 heavy (non-hydrogen) atoms. The Kier molecular flexibility index (Phi) is 6.61. The van der Waals surface area contributed by atoms with Crippen molar-refractivity contribution in [2.24, 2.45) is 5.92 Å². The van der Waals surface area contributed by atoms with Crippen molar-refractivity contribution in [1.82, 2.24) is 15.3 Å². The highest BCUT2D eigenvalue weighted by molar-refractivity contribution is 7.99. The summed E-state index contributed by atoms with van der Waals surface area (Å²) < 4.78 is 5.29. The molecule has 0 aliphatic carbocycles. The van der Waals surface area contributed by atoms with E-state index in [-0.39, 0.29) is 23.3 Å². The molecule has 3 heterocycles. The number of aromatic amines is 1. The molecule has 0 saturated carbocycles. The molecule has 3 aromatic heterocycles. The van der Waals surface area contributed by atoms with Crippen LogP contribution in [0.1, 0.15) is 49.4 Å². The van der Waals surface area contributed by atoms with E-state index in [4.69, 9.17) is 4.42 Å². The molecule has 0 aliphatic heterocycles. The summed E-state index contributed by atoms with van der Waals surface area (Å²) in [6.07, 6.45) is 3.53. The Morgan fingerprint density at radius 2 is 2.21 bits per heavy atom. The first-order valence-corrected chi connectivity index (χ1v) is 11.2. The van der Waals surface area contributed by atoms with Crippen molar-refractivity contribution >= 4 is 39.2 Å². The van der Waals surface area contributed by atoms with Crippen molar-refractivity contribution in [2.45, 2.75) is 51.7 Å². The molecule has 1 amide bonds. The lowest BCUT2D eigenvalue weighted by atomic mass is 9.98. The van der Waals surface area contributed by atoms with E-state index < -0.39 is 0 Å². The van der Waals surface area contributed by atoms with Crippen molar-refractivity contribution in [3.8, 4) is 0 Å². The number of nitrogens with one attached hydrogen (secondary N) is 2. The van der Waals surface area contributed by atoms with Gasteiger partial charge in [-0.05, 0) is 43.9 Å². The average molecular weight is 420 g/mol. The van der Waals surface area contributed by atoms with E-state index in [1.54, 1.807) is 23.7 Å². The van der Waals surface area contributed by atoms with Gasteiger partial charge in [0, 0.05) is 4.88 Å². The van der Waals surface area contributed by atoms with Crippen LogP contribution in [-0.2, 0) is 11.2 Å². The van der Waals surface area contributed by atoms with Crippen molar-refractivity contribution in [3.63, 3.8) is 0 Å². The van der Waals surface area contributed by atoms with Gasteiger partial charge in [0.1, 0.15) is 10.6 Å². The van der Waals surface area contributed by atoms with Crippen molar-refractivity contribution in [1.29, 1.82) is 0 Å². The highest BCUT2D eigenvalue weighted by Crippen LogP contribution is 2.30. The van der Waals surface area contributed by atoms with Crippen molar-refractivity contribution in [2.75, 3.05) is 5.75 Å². The largest absolute Gasteiger partial charge is 0.467 e. The summed E-state index contributed by atoms with van der Waals surface area (Å²) in [5.41, 5.74) is 0.976. The van der Waals surface area contributed by atoms with Gasteiger partial charge in [0.2, 0.25) is 5.91 Å². The Morgan fingerprint density at radius 1 is 1.43 bits per heavy atom. The fourth-order valence-electron chi connectivity index (χ4n) is 2.99. The van der Waals surface area contributed by atoms with Crippen LogP contribution in [0.3, 0.4) is 0 Å². The number of nitrogens with zero attached hydrogens (tertiary/aromatic N) is 1. The molecule has 0 bridgehead atoms. The summed E-state index contributed by atoms with van der Waals surface area (Å²) in [6.45, 7) is 8.25. The predicted octanol–water partition coefficient (Wildman–Crippen LogP) is 4.44. The van der Waals surface area contributed by atoms with Crippen LogP contribution in [0.5, 0.6) is 0 Å². The standard InChI is InChI=1S/C20H25N3O3S2/c1-5-11(2)9-14-13(4)28-19-17(14)18(25)22-20(23-19)27-10-16(24)21-12(3)15-7-6-8-26-15/h6-8,11-12H,5,9-10H2,1-4H3,(H,21,24)(H,22,23,25). The lowest BCUT2D eigenvalue weighted by Gasteiger charge is -2.11. The van der Waals surface area contributed by atoms with Crippen LogP contribution in [0, 0.1) is 12.8 Å². The Morgan fingerprint density at radius 3 is 2.89 bits per heavy atom. The third-order valence-corrected chi connectivity index (χ3v) is 6.69. The molecule has 0 radical (unpaired) electrons. The zero-order chi connectivity index (χ0) is 20.3. The lowest BCUT2D eigenvalue weighted by molar-refractivity contribution is -0.119. The minimum absolute atomic E-state index is 0.125. The molecule has 0 aromatic carbocycles. The van der Waals surface area contributed by atoms with Gasteiger partial charge < -0.3 is 14.7 Å². The maximum Gasteiger partial charge on any atom is 0.260 e. The van der Waals surface area contributed by atoms with Crippen LogP contribution < -0.4 is 10.9 Å². The molecule has 2 N–H and O–H groups in total. The first kappa shape index (κ1) is 20.7. The number of thiophene rings is 1. The number of thioether (sulfide) groups is 1. The van der Waals surface area contributed by atoms with Crippen LogP contribution in [0.15, 0.2) is 32.8 Å². The number of rotatable bonds is 8. The fourth-order valence-corrected chi connectivity index (χ4v) is 4.77. The Labute approximate surface area is 172 Å². The second-order valence-corrected chi connectivity index (χ2v) is 9.17. The van der Waals surface area contributed by atoms with Gasteiger partial charge in [0.15, 0.2) is 5.16 Å². The van der Waals surface area contributed by atoms with Gasteiger partial charge in [-0.1, -0.05) is 32.0 Å². The number of furan rings is 1. The number of hydrogen-bond donors (Lipinski definition) is 2. The third-order valence-electron chi connectivity index (χ3n) is 4.78. The Bertz CT molecular complexity index is 1010. The van der Waals surface area contributed by atoms with Gasteiger partial charge >= 0.3 is 0 Å². The summed E-state index contributed by atoms with van der Waals surface area (Å²) in [5.74, 6) is 1.25. The minimum atomic E-state index is -0.208. The molecule has 3 aromatic rings. The molecule has 2 unspecified atom stereocenters. The number of hydrogen-bond acceptors (Lipinski definition) is 6. The second kappa shape index (κ2) is 8.96. The van der Waals surface area contributed by atoms with Crippen LogP contribution in [0.25, 0.3) is 10.2 Å². The number of fused-ring (bicyclic) bond motifs is 1. The Hall–Kier alpha value is -2.06. The van der Waals surface area contributed by atoms with Crippen LogP contribution in [0.2, 0.25) is 0 Å². The van der Waals surface area contributed by atoms with Crippen molar-refractivity contribution in [3.05, 3.63) is 45.0 Å². The van der Waals surface area contributed by atoms with Crippen LogP contribution >= 0.6 is 23.1 Å².